The van der Waals surface area contributed by atoms with Gasteiger partial charge in [0.1, 0.15) is 11.8 Å². The number of pyridine rings is 1. The molecular weight excluding hydrogens is 342 g/mol. The fourth-order valence-electron chi connectivity index (χ4n) is 2.41. The summed E-state index contributed by atoms with van der Waals surface area (Å²) in [6.07, 6.45) is 3.45. The van der Waals surface area contributed by atoms with Gasteiger partial charge in [-0.05, 0) is 54.4 Å². The molecule has 2 aromatic carbocycles. The number of rotatable bonds is 5. The van der Waals surface area contributed by atoms with Crippen molar-refractivity contribution in [2.75, 3.05) is 5.32 Å². The zero-order chi connectivity index (χ0) is 19.1. The highest BCUT2D eigenvalue weighted by Crippen LogP contribution is 2.20. The van der Waals surface area contributed by atoms with E-state index in [4.69, 9.17) is 4.74 Å². The molecule has 1 aromatic heterocycles. The van der Waals surface area contributed by atoms with Gasteiger partial charge < -0.3 is 15.4 Å². The minimum atomic E-state index is -0.790. The van der Waals surface area contributed by atoms with Crippen LogP contribution in [0.5, 0.6) is 5.75 Å². The van der Waals surface area contributed by atoms with Gasteiger partial charge in [0.2, 0.25) is 0 Å². The first-order chi connectivity index (χ1) is 13.1. The number of nitrogens with zero attached hydrogens (tertiary/aromatic N) is 1. The van der Waals surface area contributed by atoms with Crippen molar-refractivity contribution >= 4 is 17.7 Å². The van der Waals surface area contributed by atoms with Crippen molar-refractivity contribution < 1.29 is 14.3 Å². The van der Waals surface area contributed by atoms with Gasteiger partial charge in [-0.3, -0.25) is 4.98 Å². The van der Waals surface area contributed by atoms with E-state index in [1.165, 1.54) is 0 Å². The Labute approximate surface area is 157 Å². The molecule has 0 saturated heterocycles. The Morgan fingerprint density at radius 2 is 1.52 bits per heavy atom. The summed E-state index contributed by atoms with van der Waals surface area (Å²) in [7, 11) is 0. The van der Waals surface area contributed by atoms with E-state index in [0.29, 0.717) is 11.4 Å². The van der Waals surface area contributed by atoms with Crippen LogP contribution in [0.3, 0.4) is 0 Å². The summed E-state index contributed by atoms with van der Waals surface area (Å²) in [6, 6.07) is 18.7. The molecule has 0 bridgehead atoms. The smallest absolute Gasteiger partial charge is 0.333 e. The summed E-state index contributed by atoms with van der Waals surface area (Å²) in [5.74, 6) is -0.104. The van der Waals surface area contributed by atoms with Gasteiger partial charge >= 0.3 is 12.0 Å². The summed E-state index contributed by atoms with van der Waals surface area (Å²) < 4.78 is 5.21. The second-order valence-electron chi connectivity index (χ2n) is 5.87. The van der Waals surface area contributed by atoms with E-state index in [1.807, 2.05) is 30.3 Å². The van der Waals surface area contributed by atoms with Crippen LogP contribution in [0.2, 0.25) is 0 Å². The van der Waals surface area contributed by atoms with Crippen molar-refractivity contribution in [1.82, 2.24) is 10.3 Å². The SMILES string of the molecule is C[C@H](NC(=O)Nc1ccc(-c2ccncc2)cc1)C(=O)Oc1ccccc1. The van der Waals surface area contributed by atoms with Gasteiger partial charge in [-0.25, -0.2) is 9.59 Å². The number of amides is 2. The molecule has 0 aliphatic rings. The van der Waals surface area contributed by atoms with E-state index in [0.717, 1.165) is 11.1 Å². The zero-order valence-corrected chi connectivity index (χ0v) is 14.8. The number of ether oxygens (including phenoxy) is 1. The Balaban J connectivity index is 1.53. The third-order valence-corrected chi connectivity index (χ3v) is 3.82. The summed E-state index contributed by atoms with van der Waals surface area (Å²) in [5, 5.41) is 5.26. The first-order valence-corrected chi connectivity index (χ1v) is 8.46. The number of urea groups is 1. The van der Waals surface area contributed by atoms with E-state index >= 15 is 0 Å². The molecule has 1 heterocycles. The highest BCUT2D eigenvalue weighted by atomic mass is 16.5. The highest BCUT2D eigenvalue weighted by Gasteiger charge is 2.17. The fraction of sp³-hybridized carbons (Fsp3) is 0.0952. The summed E-state index contributed by atoms with van der Waals surface area (Å²) in [6.45, 7) is 1.57. The normalized spacial score (nSPS) is 11.3. The minimum absolute atomic E-state index is 0.434. The lowest BCUT2D eigenvalue weighted by molar-refractivity contribution is -0.136. The van der Waals surface area contributed by atoms with E-state index < -0.39 is 18.0 Å². The van der Waals surface area contributed by atoms with Gasteiger partial charge in [0.15, 0.2) is 0 Å². The Hall–Kier alpha value is -3.67. The maximum Gasteiger partial charge on any atom is 0.333 e. The van der Waals surface area contributed by atoms with Crippen molar-refractivity contribution in [3.8, 4) is 16.9 Å². The number of hydrogen-bond acceptors (Lipinski definition) is 4. The van der Waals surface area contributed by atoms with Crippen LogP contribution in [-0.2, 0) is 4.79 Å². The molecule has 0 radical (unpaired) electrons. The van der Waals surface area contributed by atoms with Crippen molar-refractivity contribution in [1.29, 1.82) is 0 Å². The highest BCUT2D eigenvalue weighted by molar-refractivity contribution is 5.93. The average molecular weight is 361 g/mol. The number of carbonyl (C=O) groups excluding carboxylic acids is 2. The molecule has 3 rings (SSSR count). The van der Waals surface area contributed by atoms with Crippen LogP contribution < -0.4 is 15.4 Å². The van der Waals surface area contributed by atoms with Crippen LogP contribution in [0, 0.1) is 0 Å². The van der Waals surface area contributed by atoms with Crippen LogP contribution in [-0.4, -0.2) is 23.0 Å². The molecule has 0 saturated carbocycles. The van der Waals surface area contributed by atoms with Crippen LogP contribution >= 0.6 is 0 Å². The van der Waals surface area contributed by atoms with Gasteiger partial charge in [-0.15, -0.1) is 0 Å². The number of esters is 1. The van der Waals surface area contributed by atoms with E-state index in [2.05, 4.69) is 15.6 Å². The Bertz CT molecular complexity index is 897. The van der Waals surface area contributed by atoms with Crippen LogP contribution in [0.15, 0.2) is 79.1 Å². The van der Waals surface area contributed by atoms with Crippen molar-refractivity contribution in [3.05, 3.63) is 79.1 Å². The molecule has 2 amide bonds. The lowest BCUT2D eigenvalue weighted by Gasteiger charge is -2.14. The maximum atomic E-state index is 12.1. The molecule has 1 atom stereocenters. The zero-order valence-electron chi connectivity index (χ0n) is 14.8. The second kappa shape index (κ2) is 8.62. The number of hydrogen-bond donors (Lipinski definition) is 2. The molecule has 3 aromatic rings. The van der Waals surface area contributed by atoms with Crippen LogP contribution in [0.25, 0.3) is 11.1 Å². The molecule has 0 aliphatic carbocycles. The largest absolute Gasteiger partial charge is 0.425 e. The predicted molar refractivity (Wildman–Crippen MR) is 103 cm³/mol. The molecule has 2 N–H and O–H groups in total. The molecule has 6 heteroatoms. The van der Waals surface area contributed by atoms with Gasteiger partial charge in [0, 0.05) is 18.1 Å². The first-order valence-electron chi connectivity index (χ1n) is 8.46. The molecule has 0 aliphatic heterocycles. The first kappa shape index (κ1) is 18.1. The molecular formula is C21H19N3O3. The number of aromatic nitrogens is 1. The van der Waals surface area contributed by atoms with Gasteiger partial charge in [-0.2, -0.15) is 0 Å². The summed E-state index contributed by atoms with van der Waals surface area (Å²) in [5.41, 5.74) is 2.68. The Kier molecular flexibility index (Phi) is 5.79. The molecule has 0 spiro atoms. The minimum Gasteiger partial charge on any atom is -0.425 e. The second-order valence-corrected chi connectivity index (χ2v) is 5.87. The fourth-order valence-corrected chi connectivity index (χ4v) is 2.41. The van der Waals surface area contributed by atoms with Crippen molar-refractivity contribution in [2.24, 2.45) is 0 Å². The third-order valence-electron chi connectivity index (χ3n) is 3.82. The third kappa shape index (κ3) is 5.15. The van der Waals surface area contributed by atoms with E-state index in [1.54, 1.807) is 55.7 Å². The molecule has 0 fully saturated rings. The maximum absolute atomic E-state index is 12.1. The molecule has 0 unspecified atom stereocenters. The summed E-state index contributed by atoms with van der Waals surface area (Å²) >= 11 is 0. The number of nitrogens with one attached hydrogen (secondary N) is 2. The van der Waals surface area contributed by atoms with Gasteiger partial charge in [0.05, 0.1) is 0 Å². The van der Waals surface area contributed by atoms with Gasteiger partial charge in [-0.1, -0.05) is 30.3 Å². The predicted octanol–water partition coefficient (Wildman–Crippen LogP) is 3.86. The topological polar surface area (TPSA) is 80.3 Å². The van der Waals surface area contributed by atoms with E-state index in [-0.39, 0.29) is 0 Å². The number of carbonyl (C=O) groups is 2. The number of anilines is 1. The Morgan fingerprint density at radius 3 is 2.19 bits per heavy atom. The average Bonchev–Trinajstić information content (AvgIpc) is 2.70. The number of para-hydroxylation sites is 1. The molecule has 136 valence electrons. The van der Waals surface area contributed by atoms with Crippen molar-refractivity contribution in [3.63, 3.8) is 0 Å². The van der Waals surface area contributed by atoms with Crippen LogP contribution in [0.4, 0.5) is 10.5 Å². The standard InChI is InChI=1S/C21H19N3O3/c1-15(20(25)27-19-5-3-2-4-6-19)23-21(26)24-18-9-7-16(8-10-18)17-11-13-22-14-12-17/h2-15H,1H3,(H2,23,24,26)/t15-/m0/s1. The Morgan fingerprint density at radius 1 is 0.889 bits per heavy atom. The quantitative estimate of drug-likeness (QED) is 0.534. The van der Waals surface area contributed by atoms with Crippen molar-refractivity contribution in [2.45, 2.75) is 13.0 Å². The van der Waals surface area contributed by atoms with Crippen LogP contribution in [0.1, 0.15) is 6.92 Å². The van der Waals surface area contributed by atoms with E-state index in [9.17, 15) is 9.59 Å². The monoisotopic (exact) mass is 361 g/mol. The van der Waals surface area contributed by atoms with Gasteiger partial charge in [0.25, 0.3) is 0 Å². The lowest BCUT2D eigenvalue weighted by atomic mass is 10.1. The lowest BCUT2D eigenvalue weighted by Crippen LogP contribution is -2.42. The molecule has 27 heavy (non-hydrogen) atoms. The number of benzene rings is 2. The molecule has 6 nitrogen and oxygen atoms in total. The summed E-state index contributed by atoms with van der Waals surface area (Å²) in [4.78, 5) is 28.1.